The number of rotatable bonds is 6. The second kappa shape index (κ2) is 9.14. The van der Waals surface area contributed by atoms with Crippen molar-refractivity contribution < 1.29 is 27.5 Å². The number of hydrogen-bond acceptors (Lipinski definition) is 6. The lowest BCUT2D eigenvalue weighted by Gasteiger charge is -2.15. The van der Waals surface area contributed by atoms with Crippen molar-refractivity contribution >= 4 is 27.6 Å². The molecule has 2 N–H and O–H groups in total. The molecular formula is C19H20N2O6S. The van der Waals surface area contributed by atoms with Crippen LogP contribution in [0.2, 0.25) is 0 Å². The van der Waals surface area contributed by atoms with Crippen LogP contribution in [0.4, 0.5) is 0 Å². The third-order valence-corrected chi connectivity index (χ3v) is 5.60. The number of hydrogen-bond donors (Lipinski definition) is 2. The van der Waals surface area contributed by atoms with Crippen molar-refractivity contribution in [3.63, 3.8) is 0 Å². The zero-order valence-corrected chi connectivity index (χ0v) is 16.2. The molecule has 1 atom stereocenters. The van der Waals surface area contributed by atoms with Gasteiger partial charge < -0.3 is 4.74 Å². The van der Waals surface area contributed by atoms with Crippen LogP contribution in [-0.4, -0.2) is 38.1 Å². The number of carbonyl (C=O) groups excluding carboxylic acids is 3. The van der Waals surface area contributed by atoms with E-state index in [1.165, 1.54) is 38.1 Å². The summed E-state index contributed by atoms with van der Waals surface area (Å²) in [4.78, 5) is 36.2. The Morgan fingerprint density at radius 2 is 1.57 bits per heavy atom. The van der Waals surface area contributed by atoms with E-state index < -0.39 is 33.7 Å². The number of amides is 2. The van der Waals surface area contributed by atoms with E-state index in [-0.39, 0.29) is 16.2 Å². The fourth-order valence-electron chi connectivity index (χ4n) is 2.22. The summed E-state index contributed by atoms with van der Waals surface area (Å²) in [6, 6.07) is 13.8. The minimum atomic E-state index is -3.64. The highest BCUT2D eigenvalue weighted by molar-refractivity contribution is 7.91. The van der Waals surface area contributed by atoms with Crippen LogP contribution in [0.5, 0.6) is 0 Å². The maximum absolute atomic E-state index is 12.3. The Hall–Kier alpha value is -3.20. The van der Waals surface area contributed by atoms with Gasteiger partial charge in [-0.05, 0) is 31.2 Å². The normalized spacial score (nSPS) is 11.9. The molecule has 148 valence electrons. The van der Waals surface area contributed by atoms with E-state index >= 15 is 0 Å². The Morgan fingerprint density at radius 3 is 2.21 bits per heavy atom. The van der Waals surface area contributed by atoms with Gasteiger partial charge in [-0.1, -0.05) is 37.3 Å². The van der Waals surface area contributed by atoms with Crippen molar-refractivity contribution in [1.29, 1.82) is 0 Å². The summed E-state index contributed by atoms with van der Waals surface area (Å²) < 4.78 is 29.3. The minimum absolute atomic E-state index is 0.155. The molecule has 0 unspecified atom stereocenters. The van der Waals surface area contributed by atoms with Crippen LogP contribution < -0.4 is 10.9 Å². The first-order valence-corrected chi connectivity index (χ1v) is 10.1. The smallest absolute Gasteiger partial charge is 0.340 e. The molecule has 0 saturated heterocycles. The fourth-order valence-corrected chi connectivity index (χ4v) is 3.30. The lowest BCUT2D eigenvalue weighted by molar-refractivity contribution is -0.129. The first-order valence-electron chi connectivity index (χ1n) is 8.44. The molecule has 0 aliphatic rings. The zero-order chi connectivity index (χ0) is 20.7. The molecule has 0 aromatic heterocycles. The summed E-state index contributed by atoms with van der Waals surface area (Å²) >= 11 is 0. The van der Waals surface area contributed by atoms with Gasteiger partial charge in [0.1, 0.15) is 0 Å². The molecular weight excluding hydrogens is 384 g/mol. The SMILES string of the molecule is CCS(=O)(=O)c1ccccc1C(=O)O[C@@H](C)C(=O)NNC(=O)c1ccccc1. The van der Waals surface area contributed by atoms with E-state index in [0.29, 0.717) is 5.56 Å². The highest BCUT2D eigenvalue weighted by Crippen LogP contribution is 2.18. The predicted molar refractivity (Wildman–Crippen MR) is 101 cm³/mol. The molecule has 2 amide bonds. The van der Waals surface area contributed by atoms with Gasteiger partial charge >= 0.3 is 5.97 Å². The predicted octanol–water partition coefficient (Wildman–Crippen LogP) is 1.49. The van der Waals surface area contributed by atoms with Gasteiger partial charge in [0, 0.05) is 5.56 Å². The average molecular weight is 404 g/mol. The molecule has 0 radical (unpaired) electrons. The molecule has 2 rings (SSSR count). The Labute approximate surface area is 162 Å². The Kier molecular flexibility index (Phi) is 6.89. The number of sulfone groups is 1. The second-order valence-electron chi connectivity index (χ2n) is 5.76. The van der Waals surface area contributed by atoms with Crippen molar-refractivity contribution in [2.24, 2.45) is 0 Å². The van der Waals surface area contributed by atoms with E-state index in [1.54, 1.807) is 30.3 Å². The molecule has 0 bridgehead atoms. The molecule has 0 heterocycles. The van der Waals surface area contributed by atoms with Crippen LogP contribution in [0.3, 0.4) is 0 Å². The molecule has 0 fully saturated rings. The number of hydrazine groups is 1. The fraction of sp³-hybridized carbons (Fsp3) is 0.211. The summed E-state index contributed by atoms with van der Waals surface area (Å²) in [5.41, 5.74) is 4.56. The zero-order valence-electron chi connectivity index (χ0n) is 15.3. The Morgan fingerprint density at radius 1 is 0.964 bits per heavy atom. The summed E-state index contributed by atoms with van der Waals surface area (Å²) in [5.74, 6) is -2.44. The van der Waals surface area contributed by atoms with Crippen LogP contribution in [0.15, 0.2) is 59.5 Å². The molecule has 9 heteroatoms. The largest absolute Gasteiger partial charge is 0.449 e. The molecule has 0 saturated carbocycles. The van der Waals surface area contributed by atoms with Gasteiger partial charge in [-0.3, -0.25) is 20.4 Å². The number of nitrogens with one attached hydrogen (secondary N) is 2. The van der Waals surface area contributed by atoms with E-state index in [2.05, 4.69) is 10.9 Å². The quantitative estimate of drug-likeness (QED) is 0.556. The highest BCUT2D eigenvalue weighted by atomic mass is 32.2. The van der Waals surface area contributed by atoms with E-state index in [0.717, 1.165) is 0 Å². The van der Waals surface area contributed by atoms with Gasteiger partial charge in [-0.25, -0.2) is 13.2 Å². The van der Waals surface area contributed by atoms with Gasteiger partial charge in [0.05, 0.1) is 16.2 Å². The van der Waals surface area contributed by atoms with Crippen LogP contribution in [0.1, 0.15) is 34.6 Å². The van der Waals surface area contributed by atoms with Gasteiger partial charge in [-0.15, -0.1) is 0 Å². The van der Waals surface area contributed by atoms with E-state index in [9.17, 15) is 22.8 Å². The van der Waals surface area contributed by atoms with Crippen molar-refractivity contribution in [3.05, 3.63) is 65.7 Å². The van der Waals surface area contributed by atoms with Gasteiger partial charge in [0.25, 0.3) is 11.8 Å². The number of ether oxygens (including phenoxy) is 1. The number of benzene rings is 2. The van der Waals surface area contributed by atoms with Crippen LogP contribution >= 0.6 is 0 Å². The molecule has 0 aliphatic carbocycles. The van der Waals surface area contributed by atoms with Crippen LogP contribution in [-0.2, 0) is 19.4 Å². The molecule has 2 aromatic rings. The van der Waals surface area contributed by atoms with E-state index in [1.807, 2.05) is 0 Å². The summed E-state index contributed by atoms with van der Waals surface area (Å²) in [5, 5.41) is 0. The molecule has 0 aliphatic heterocycles. The third-order valence-electron chi connectivity index (χ3n) is 3.81. The molecule has 2 aromatic carbocycles. The van der Waals surface area contributed by atoms with Crippen molar-refractivity contribution in [2.75, 3.05) is 5.75 Å². The van der Waals surface area contributed by atoms with Crippen LogP contribution in [0.25, 0.3) is 0 Å². The summed E-state index contributed by atoms with van der Waals surface area (Å²) in [6.45, 7) is 2.77. The summed E-state index contributed by atoms with van der Waals surface area (Å²) in [7, 11) is -3.64. The lowest BCUT2D eigenvalue weighted by Crippen LogP contribution is -2.46. The van der Waals surface area contributed by atoms with Crippen molar-refractivity contribution in [3.8, 4) is 0 Å². The highest BCUT2D eigenvalue weighted by Gasteiger charge is 2.25. The average Bonchev–Trinajstić information content (AvgIpc) is 2.72. The van der Waals surface area contributed by atoms with Crippen molar-refractivity contribution in [2.45, 2.75) is 24.8 Å². The van der Waals surface area contributed by atoms with Gasteiger partial charge in [-0.2, -0.15) is 0 Å². The maximum atomic E-state index is 12.3. The standard InChI is InChI=1S/C19H20N2O6S/c1-3-28(25,26)16-12-8-7-11-15(16)19(24)27-13(2)17(22)20-21-18(23)14-9-5-4-6-10-14/h4-13H,3H2,1-2H3,(H,20,22)(H,21,23)/t13-/m0/s1. The molecule has 28 heavy (non-hydrogen) atoms. The molecule has 0 spiro atoms. The number of esters is 1. The van der Waals surface area contributed by atoms with Gasteiger partial charge in [0.2, 0.25) is 0 Å². The lowest BCUT2D eigenvalue weighted by atomic mass is 10.2. The van der Waals surface area contributed by atoms with Crippen LogP contribution in [0, 0.1) is 0 Å². The monoisotopic (exact) mass is 404 g/mol. The topological polar surface area (TPSA) is 119 Å². The first kappa shape index (κ1) is 21.1. The second-order valence-corrected chi connectivity index (χ2v) is 8.00. The number of carbonyl (C=O) groups is 3. The first-order chi connectivity index (χ1) is 13.3. The summed E-state index contributed by atoms with van der Waals surface area (Å²) in [6.07, 6.45) is -1.26. The van der Waals surface area contributed by atoms with E-state index in [4.69, 9.17) is 4.74 Å². The Balaban J connectivity index is 2.01. The third kappa shape index (κ3) is 5.17. The maximum Gasteiger partial charge on any atom is 0.340 e. The molecule has 8 nitrogen and oxygen atoms in total. The Bertz CT molecular complexity index is 973. The minimum Gasteiger partial charge on any atom is -0.449 e. The van der Waals surface area contributed by atoms with Gasteiger partial charge in [0.15, 0.2) is 15.9 Å². The van der Waals surface area contributed by atoms with Crippen molar-refractivity contribution in [1.82, 2.24) is 10.9 Å².